The third-order valence-corrected chi connectivity index (χ3v) is 3.40. The van der Waals surface area contributed by atoms with Gasteiger partial charge in [-0.25, -0.2) is 4.98 Å². The molecule has 2 heterocycles. The summed E-state index contributed by atoms with van der Waals surface area (Å²) in [6.45, 7) is 0. The van der Waals surface area contributed by atoms with Crippen LogP contribution in [-0.4, -0.2) is 17.1 Å². The van der Waals surface area contributed by atoms with Gasteiger partial charge in [-0.1, -0.05) is 0 Å². The third-order valence-electron chi connectivity index (χ3n) is 3.40. The molecule has 0 spiro atoms. The number of rotatable bonds is 2. The van der Waals surface area contributed by atoms with Crippen molar-refractivity contribution in [2.75, 3.05) is 7.11 Å². The highest BCUT2D eigenvalue weighted by Gasteiger charge is 2.39. The average molecular weight is 308 g/mol. The zero-order chi connectivity index (χ0) is 15.9. The first-order valence-electron chi connectivity index (χ1n) is 6.50. The Morgan fingerprint density at radius 2 is 2.00 bits per heavy atom. The minimum Gasteiger partial charge on any atom is -0.497 e. The van der Waals surface area contributed by atoms with E-state index in [0.717, 1.165) is 6.07 Å². The molecule has 0 unspecified atom stereocenters. The number of nitrogens with zero attached hydrogens (tertiary/aromatic N) is 2. The van der Waals surface area contributed by atoms with Gasteiger partial charge in [0.1, 0.15) is 18.4 Å². The second kappa shape index (κ2) is 5.01. The van der Waals surface area contributed by atoms with Crippen LogP contribution in [0, 0.1) is 0 Å². The molecule has 2 aromatic heterocycles. The fraction of sp³-hybridized carbons (Fsp3) is 0.200. The summed E-state index contributed by atoms with van der Waals surface area (Å²) in [6, 6.07) is 7.51. The lowest BCUT2D eigenvalue weighted by atomic mass is 10.1. The Labute approximate surface area is 124 Å². The van der Waals surface area contributed by atoms with Crippen LogP contribution in [0.2, 0.25) is 0 Å². The molecule has 114 valence electrons. The number of halogens is 3. The molecule has 0 fully saturated rings. The molecule has 0 saturated heterocycles. The highest BCUT2D eigenvalue weighted by Crippen LogP contribution is 2.34. The Kier molecular flexibility index (Phi) is 3.27. The van der Waals surface area contributed by atoms with Gasteiger partial charge in [0, 0.05) is 12.1 Å². The van der Waals surface area contributed by atoms with E-state index in [1.165, 1.54) is 17.7 Å². The van der Waals surface area contributed by atoms with E-state index in [9.17, 15) is 13.2 Å². The first-order valence-corrected chi connectivity index (χ1v) is 6.50. The van der Waals surface area contributed by atoms with E-state index < -0.39 is 11.7 Å². The third kappa shape index (κ3) is 2.38. The minimum absolute atomic E-state index is 0.00910. The molecule has 0 radical (unpaired) electrons. The van der Waals surface area contributed by atoms with Crippen LogP contribution in [0.25, 0.3) is 22.6 Å². The van der Waals surface area contributed by atoms with Gasteiger partial charge >= 0.3 is 6.18 Å². The van der Waals surface area contributed by atoms with Crippen LogP contribution in [-0.2, 0) is 13.2 Å². The summed E-state index contributed by atoms with van der Waals surface area (Å²) in [6.07, 6.45) is -2.90. The Balaban J connectivity index is 2.23. The van der Waals surface area contributed by atoms with Crippen molar-refractivity contribution in [3.05, 3.63) is 42.1 Å². The van der Waals surface area contributed by atoms with Crippen LogP contribution in [0.15, 0.2) is 36.5 Å². The van der Waals surface area contributed by atoms with Gasteiger partial charge in [-0.15, -0.1) is 0 Å². The summed E-state index contributed by atoms with van der Waals surface area (Å²) in [4.78, 5) is 7.19. The Hall–Kier alpha value is -2.57. The smallest absolute Gasteiger partial charge is 0.422 e. The summed E-state index contributed by atoms with van der Waals surface area (Å²) >= 11 is 0. The molecule has 3 rings (SSSR count). The number of ether oxygens (including phenoxy) is 1. The number of methoxy groups -OCH3 is 1. The van der Waals surface area contributed by atoms with Gasteiger partial charge in [-0.3, -0.25) is 0 Å². The van der Waals surface area contributed by atoms with Crippen LogP contribution >= 0.6 is 0 Å². The predicted molar refractivity (Wildman–Crippen MR) is 74.3 cm³/mol. The molecule has 0 bridgehead atoms. The fourth-order valence-electron chi connectivity index (χ4n) is 2.36. The number of aromatic nitrogens is 3. The molecule has 0 aliphatic rings. The van der Waals surface area contributed by atoms with E-state index >= 15 is 0 Å². The molecular weight excluding hydrogens is 295 g/mol. The molecule has 1 N–H and O–H groups in total. The Morgan fingerprint density at radius 3 is 2.68 bits per heavy atom. The number of hydrogen-bond acceptors (Lipinski definition) is 2. The molecule has 0 aliphatic carbocycles. The summed E-state index contributed by atoms with van der Waals surface area (Å²) < 4.78 is 46.1. The van der Waals surface area contributed by atoms with Crippen molar-refractivity contribution >= 4 is 11.0 Å². The van der Waals surface area contributed by atoms with E-state index in [1.807, 2.05) is 0 Å². The number of aryl methyl sites for hydroxylation is 1. The molecule has 22 heavy (non-hydrogen) atoms. The maximum absolute atomic E-state index is 13.2. The number of fused-ring (bicyclic) bond motifs is 1. The number of hydrogen-bond donors (Lipinski definition) is 1. The Morgan fingerprint density at radius 1 is 1.23 bits per heavy atom. The molecule has 4 nitrogen and oxygen atoms in total. The topological polar surface area (TPSA) is 41.8 Å². The summed E-state index contributed by atoms with van der Waals surface area (Å²) in [7, 11) is 3.08. The fourth-order valence-corrected chi connectivity index (χ4v) is 2.36. The highest BCUT2D eigenvalue weighted by atomic mass is 19.4. The summed E-state index contributed by atoms with van der Waals surface area (Å²) in [5, 5.41) is 0. The number of alkyl halides is 3. The van der Waals surface area contributed by atoms with Crippen LogP contribution < -0.4 is 9.30 Å². The molecule has 3 aromatic rings. The van der Waals surface area contributed by atoms with E-state index in [4.69, 9.17) is 4.74 Å². The SMILES string of the molecule is COc1ccc2nc(-c3c(C(F)(F)F)ccc[n+]3C)[nH]c2c1. The normalized spacial score (nSPS) is 11.9. The Bertz CT molecular complexity index is 840. The minimum atomic E-state index is -4.45. The lowest BCUT2D eigenvalue weighted by Crippen LogP contribution is -2.33. The van der Waals surface area contributed by atoms with E-state index in [1.54, 1.807) is 31.4 Å². The maximum Gasteiger partial charge on any atom is 0.422 e. The molecule has 7 heteroatoms. The van der Waals surface area contributed by atoms with Crippen LogP contribution in [0.1, 0.15) is 5.56 Å². The van der Waals surface area contributed by atoms with Crippen molar-refractivity contribution in [3.8, 4) is 17.3 Å². The average Bonchev–Trinajstić information content (AvgIpc) is 2.88. The van der Waals surface area contributed by atoms with Crippen LogP contribution in [0.5, 0.6) is 5.75 Å². The highest BCUT2D eigenvalue weighted by molar-refractivity contribution is 5.80. The van der Waals surface area contributed by atoms with Crippen LogP contribution in [0.4, 0.5) is 13.2 Å². The molecule has 0 saturated carbocycles. The van der Waals surface area contributed by atoms with Gasteiger partial charge in [0.05, 0.1) is 18.1 Å². The standard InChI is InChI=1S/C15H12F3N3O/c1-21-7-3-4-10(15(16,17)18)13(21)14-19-11-6-5-9(22-2)8-12(11)20-14/h3-8H,1-2H3/p+1. The van der Waals surface area contributed by atoms with Crippen LogP contribution in [0.3, 0.4) is 0 Å². The van der Waals surface area contributed by atoms with E-state index in [-0.39, 0.29) is 11.5 Å². The second-order valence-corrected chi connectivity index (χ2v) is 4.85. The molecule has 1 aromatic carbocycles. The summed E-state index contributed by atoms with van der Waals surface area (Å²) in [5.74, 6) is 0.773. The number of benzene rings is 1. The lowest BCUT2D eigenvalue weighted by molar-refractivity contribution is -0.661. The van der Waals surface area contributed by atoms with Gasteiger partial charge in [-0.05, 0) is 18.2 Å². The zero-order valence-electron chi connectivity index (χ0n) is 11.9. The molecule has 0 atom stereocenters. The number of nitrogens with one attached hydrogen (secondary N) is 1. The second-order valence-electron chi connectivity index (χ2n) is 4.85. The summed E-state index contributed by atoms with van der Waals surface area (Å²) in [5.41, 5.74) is 0.452. The van der Waals surface area contributed by atoms with E-state index in [0.29, 0.717) is 16.8 Å². The first kappa shape index (κ1) is 14.4. The van der Waals surface area contributed by atoms with Crippen molar-refractivity contribution in [2.45, 2.75) is 6.18 Å². The van der Waals surface area contributed by atoms with Crippen molar-refractivity contribution in [1.82, 2.24) is 9.97 Å². The first-order chi connectivity index (χ1) is 10.4. The number of imidazole rings is 1. The molecule has 0 amide bonds. The van der Waals surface area contributed by atoms with Gasteiger partial charge in [0.15, 0.2) is 6.20 Å². The van der Waals surface area contributed by atoms with Crippen molar-refractivity contribution in [2.24, 2.45) is 7.05 Å². The van der Waals surface area contributed by atoms with Crippen molar-refractivity contribution in [3.63, 3.8) is 0 Å². The zero-order valence-corrected chi connectivity index (χ0v) is 11.9. The van der Waals surface area contributed by atoms with E-state index in [2.05, 4.69) is 9.97 Å². The number of pyridine rings is 1. The van der Waals surface area contributed by atoms with Gasteiger partial charge in [0.25, 0.3) is 5.69 Å². The van der Waals surface area contributed by atoms with Crippen molar-refractivity contribution < 1.29 is 22.5 Å². The van der Waals surface area contributed by atoms with Gasteiger partial charge in [0.2, 0.25) is 5.82 Å². The number of H-pyrrole nitrogens is 1. The lowest BCUT2D eigenvalue weighted by Gasteiger charge is -2.08. The predicted octanol–water partition coefficient (Wildman–Crippen LogP) is 3.08. The quantitative estimate of drug-likeness (QED) is 0.739. The molecular formula is C15H13F3N3O+. The van der Waals surface area contributed by atoms with Crippen molar-refractivity contribution in [1.29, 1.82) is 0 Å². The maximum atomic E-state index is 13.2. The monoisotopic (exact) mass is 308 g/mol. The van der Waals surface area contributed by atoms with Gasteiger partial charge in [-0.2, -0.15) is 17.7 Å². The number of aromatic amines is 1. The molecule has 0 aliphatic heterocycles. The van der Waals surface area contributed by atoms with Gasteiger partial charge < -0.3 is 9.72 Å². The largest absolute Gasteiger partial charge is 0.497 e.